The summed E-state index contributed by atoms with van der Waals surface area (Å²) in [4.78, 5) is 25.9. The van der Waals surface area contributed by atoms with Crippen molar-refractivity contribution in [3.63, 3.8) is 0 Å². The Morgan fingerprint density at radius 3 is 2.76 bits per heavy atom. The average Bonchev–Trinajstić information content (AvgIpc) is 3.04. The van der Waals surface area contributed by atoms with Crippen molar-refractivity contribution < 1.29 is 14.3 Å². The van der Waals surface area contributed by atoms with Crippen LogP contribution in [0.2, 0.25) is 0 Å². The first kappa shape index (κ1) is 15.6. The molecule has 0 saturated carbocycles. The second kappa shape index (κ2) is 7.87. The summed E-state index contributed by atoms with van der Waals surface area (Å²) in [6.07, 6.45) is 1.51. The van der Waals surface area contributed by atoms with E-state index in [-0.39, 0.29) is 12.1 Å². The number of rotatable bonds is 4. The molecule has 2 rings (SSSR count). The number of hydrogen-bond acceptors (Lipinski definition) is 4. The molecule has 0 aliphatic carbocycles. The molecule has 116 valence electrons. The van der Waals surface area contributed by atoms with Crippen molar-refractivity contribution in [1.82, 2.24) is 15.5 Å². The summed E-state index contributed by atoms with van der Waals surface area (Å²) in [5, 5.41) is 7.72. The van der Waals surface area contributed by atoms with Gasteiger partial charge in [0, 0.05) is 24.5 Å². The van der Waals surface area contributed by atoms with Gasteiger partial charge in [-0.05, 0) is 30.2 Å². The third-order valence-electron chi connectivity index (χ3n) is 3.60. The predicted octanol–water partition coefficient (Wildman–Crippen LogP) is 2.03. The van der Waals surface area contributed by atoms with E-state index in [0.29, 0.717) is 32.1 Å². The van der Waals surface area contributed by atoms with Gasteiger partial charge in [-0.1, -0.05) is 6.07 Å². The van der Waals surface area contributed by atoms with Crippen LogP contribution in [0.4, 0.5) is 9.59 Å². The topological polar surface area (TPSA) is 70.7 Å². The van der Waals surface area contributed by atoms with Crippen LogP contribution in [0.5, 0.6) is 0 Å². The molecule has 1 aliphatic heterocycles. The number of ether oxygens (including phenoxy) is 1. The minimum atomic E-state index is -0.268. The lowest BCUT2D eigenvalue weighted by molar-refractivity contribution is 0.106. The average molecular weight is 311 g/mol. The molecule has 0 bridgehead atoms. The molecule has 0 aromatic carbocycles. The molecule has 21 heavy (non-hydrogen) atoms. The molecule has 1 aromatic rings. The van der Waals surface area contributed by atoms with Gasteiger partial charge in [0.2, 0.25) is 0 Å². The smallest absolute Gasteiger partial charge is 0.409 e. The lowest BCUT2D eigenvalue weighted by Gasteiger charge is -2.30. The Morgan fingerprint density at radius 1 is 1.38 bits per heavy atom. The highest BCUT2D eigenvalue weighted by Gasteiger charge is 2.23. The molecule has 0 spiro atoms. The first-order valence-electron chi connectivity index (χ1n) is 7.06. The van der Waals surface area contributed by atoms with Gasteiger partial charge in [-0.15, -0.1) is 11.3 Å². The second-order valence-corrected chi connectivity index (χ2v) is 6.08. The summed E-state index contributed by atoms with van der Waals surface area (Å²) >= 11 is 1.62. The third kappa shape index (κ3) is 4.93. The summed E-state index contributed by atoms with van der Waals surface area (Å²) < 4.78 is 4.70. The Balaban J connectivity index is 1.60. The number of amides is 3. The Bertz CT molecular complexity index is 456. The summed E-state index contributed by atoms with van der Waals surface area (Å²) in [7, 11) is 1.40. The molecule has 2 heterocycles. The van der Waals surface area contributed by atoms with Crippen LogP contribution in [-0.2, 0) is 11.3 Å². The van der Waals surface area contributed by atoms with E-state index in [1.807, 2.05) is 17.5 Å². The lowest BCUT2D eigenvalue weighted by atomic mass is 9.97. The molecular weight excluding hydrogens is 290 g/mol. The highest BCUT2D eigenvalue weighted by Crippen LogP contribution is 2.16. The van der Waals surface area contributed by atoms with E-state index >= 15 is 0 Å². The van der Waals surface area contributed by atoms with Crippen molar-refractivity contribution in [1.29, 1.82) is 0 Å². The largest absolute Gasteiger partial charge is 0.453 e. The number of nitrogens with one attached hydrogen (secondary N) is 2. The molecule has 1 saturated heterocycles. The van der Waals surface area contributed by atoms with Gasteiger partial charge in [0.15, 0.2) is 0 Å². The summed E-state index contributed by atoms with van der Waals surface area (Å²) in [5.74, 6) is 0.415. The van der Waals surface area contributed by atoms with Crippen molar-refractivity contribution in [2.45, 2.75) is 19.4 Å². The molecule has 6 nitrogen and oxygen atoms in total. The summed E-state index contributed by atoms with van der Waals surface area (Å²) in [6.45, 7) is 2.58. The fourth-order valence-electron chi connectivity index (χ4n) is 2.33. The van der Waals surface area contributed by atoms with Crippen molar-refractivity contribution in [3.8, 4) is 0 Å². The van der Waals surface area contributed by atoms with Crippen LogP contribution < -0.4 is 10.6 Å². The number of thiophene rings is 1. The first-order chi connectivity index (χ1) is 10.2. The monoisotopic (exact) mass is 311 g/mol. The van der Waals surface area contributed by atoms with Gasteiger partial charge in [0.25, 0.3) is 0 Å². The van der Waals surface area contributed by atoms with Crippen molar-refractivity contribution in [3.05, 3.63) is 22.4 Å². The molecule has 0 atom stereocenters. The molecule has 0 unspecified atom stereocenters. The first-order valence-corrected chi connectivity index (χ1v) is 7.94. The Labute approximate surface area is 128 Å². The molecule has 3 amide bonds. The quantitative estimate of drug-likeness (QED) is 0.894. The van der Waals surface area contributed by atoms with E-state index < -0.39 is 0 Å². The van der Waals surface area contributed by atoms with E-state index in [9.17, 15) is 9.59 Å². The van der Waals surface area contributed by atoms with Gasteiger partial charge in [0.05, 0.1) is 13.7 Å². The molecule has 0 radical (unpaired) electrons. The molecular formula is C14H21N3O3S. The van der Waals surface area contributed by atoms with Crippen LogP contribution in [-0.4, -0.2) is 43.8 Å². The van der Waals surface area contributed by atoms with Gasteiger partial charge >= 0.3 is 12.1 Å². The number of nitrogens with zero attached hydrogens (tertiary/aromatic N) is 1. The Morgan fingerprint density at radius 2 is 2.14 bits per heavy atom. The fraction of sp³-hybridized carbons (Fsp3) is 0.571. The van der Waals surface area contributed by atoms with Gasteiger partial charge in [-0.3, -0.25) is 0 Å². The number of hydrogen-bond donors (Lipinski definition) is 2. The number of likely N-dealkylation sites (tertiary alicyclic amines) is 1. The number of methoxy groups -OCH3 is 1. The summed E-state index contributed by atoms with van der Waals surface area (Å²) in [5.41, 5.74) is 0. The van der Waals surface area contributed by atoms with Crippen LogP contribution in [0.25, 0.3) is 0 Å². The highest BCUT2D eigenvalue weighted by atomic mass is 32.1. The van der Waals surface area contributed by atoms with E-state index in [0.717, 1.165) is 17.7 Å². The highest BCUT2D eigenvalue weighted by molar-refractivity contribution is 7.09. The zero-order valence-corrected chi connectivity index (χ0v) is 12.9. The minimum absolute atomic E-state index is 0.140. The molecule has 7 heteroatoms. The standard InChI is InChI=1S/C14H21N3O3S/c1-20-14(19)17-6-4-11(5-7-17)9-15-13(18)16-10-12-3-2-8-21-12/h2-3,8,11H,4-7,9-10H2,1H3,(H2,15,16,18). The fourth-order valence-corrected chi connectivity index (χ4v) is 2.97. The van der Waals surface area contributed by atoms with E-state index in [2.05, 4.69) is 10.6 Å². The molecule has 1 aliphatic rings. The van der Waals surface area contributed by atoms with Gasteiger partial charge in [-0.25, -0.2) is 9.59 Å². The molecule has 1 fully saturated rings. The lowest BCUT2D eigenvalue weighted by Crippen LogP contribution is -2.43. The van der Waals surface area contributed by atoms with Crippen LogP contribution in [0, 0.1) is 5.92 Å². The Kier molecular flexibility index (Phi) is 5.86. The maximum absolute atomic E-state index is 11.7. The normalized spacial score (nSPS) is 15.6. The van der Waals surface area contributed by atoms with E-state index in [4.69, 9.17) is 4.74 Å². The molecule has 2 N–H and O–H groups in total. The molecule has 1 aromatic heterocycles. The van der Waals surface area contributed by atoms with Crippen molar-refractivity contribution >= 4 is 23.5 Å². The zero-order chi connectivity index (χ0) is 15.1. The van der Waals surface area contributed by atoms with Crippen molar-refractivity contribution in [2.24, 2.45) is 5.92 Å². The summed E-state index contributed by atoms with van der Waals surface area (Å²) in [6, 6.07) is 3.82. The maximum atomic E-state index is 11.7. The SMILES string of the molecule is COC(=O)N1CCC(CNC(=O)NCc2cccs2)CC1. The minimum Gasteiger partial charge on any atom is -0.453 e. The van der Waals surface area contributed by atoms with Crippen LogP contribution in [0.15, 0.2) is 17.5 Å². The number of piperidine rings is 1. The van der Waals surface area contributed by atoms with Crippen LogP contribution >= 0.6 is 11.3 Å². The maximum Gasteiger partial charge on any atom is 0.409 e. The predicted molar refractivity (Wildman–Crippen MR) is 81.3 cm³/mol. The zero-order valence-electron chi connectivity index (χ0n) is 12.1. The van der Waals surface area contributed by atoms with Gasteiger partial charge in [-0.2, -0.15) is 0 Å². The van der Waals surface area contributed by atoms with Gasteiger partial charge < -0.3 is 20.3 Å². The van der Waals surface area contributed by atoms with Crippen LogP contribution in [0.3, 0.4) is 0 Å². The van der Waals surface area contributed by atoms with E-state index in [1.165, 1.54) is 7.11 Å². The third-order valence-corrected chi connectivity index (χ3v) is 4.48. The number of carbonyl (C=O) groups excluding carboxylic acids is 2. The van der Waals surface area contributed by atoms with Gasteiger partial charge in [0.1, 0.15) is 0 Å². The number of urea groups is 1. The van der Waals surface area contributed by atoms with Crippen LogP contribution in [0.1, 0.15) is 17.7 Å². The second-order valence-electron chi connectivity index (χ2n) is 5.04. The number of carbonyl (C=O) groups is 2. The van der Waals surface area contributed by atoms with Crippen molar-refractivity contribution in [2.75, 3.05) is 26.7 Å². The Hall–Kier alpha value is -1.76. The van der Waals surface area contributed by atoms with E-state index in [1.54, 1.807) is 16.2 Å².